The van der Waals surface area contributed by atoms with Crippen LogP contribution in [0.15, 0.2) is 0 Å². The summed E-state index contributed by atoms with van der Waals surface area (Å²) in [5.41, 5.74) is 0. The fourth-order valence-corrected chi connectivity index (χ4v) is 2.00. The molecule has 0 radical (unpaired) electrons. The van der Waals surface area contributed by atoms with Gasteiger partial charge in [-0.25, -0.2) is 0 Å². The summed E-state index contributed by atoms with van der Waals surface area (Å²) >= 11 is 0. The van der Waals surface area contributed by atoms with E-state index < -0.39 is 0 Å². The SMILES string of the molecule is CC1CC1NC[C@@H]1CCCCN1. The van der Waals surface area contributed by atoms with Crippen LogP contribution >= 0.6 is 0 Å². The van der Waals surface area contributed by atoms with Gasteiger partial charge in [0.15, 0.2) is 0 Å². The monoisotopic (exact) mass is 168 g/mol. The highest BCUT2D eigenvalue weighted by Gasteiger charge is 2.32. The average molecular weight is 168 g/mol. The summed E-state index contributed by atoms with van der Waals surface area (Å²) < 4.78 is 0. The van der Waals surface area contributed by atoms with Crippen molar-refractivity contribution >= 4 is 0 Å². The van der Waals surface area contributed by atoms with Crippen LogP contribution in [0.2, 0.25) is 0 Å². The molecule has 2 fully saturated rings. The largest absolute Gasteiger partial charge is 0.313 e. The number of hydrogen-bond donors (Lipinski definition) is 2. The van der Waals surface area contributed by atoms with Crippen molar-refractivity contribution in [1.82, 2.24) is 10.6 Å². The first-order valence-electron chi connectivity index (χ1n) is 5.33. The van der Waals surface area contributed by atoms with Crippen molar-refractivity contribution < 1.29 is 0 Å². The van der Waals surface area contributed by atoms with Crippen LogP contribution in [-0.4, -0.2) is 25.2 Å². The van der Waals surface area contributed by atoms with Gasteiger partial charge in [0.05, 0.1) is 0 Å². The molecule has 2 rings (SSSR count). The third-order valence-corrected chi connectivity index (χ3v) is 3.15. The Balaban J connectivity index is 1.59. The quantitative estimate of drug-likeness (QED) is 0.660. The zero-order valence-corrected chi connectivity index (χ0v) is 7.97. The number of piperidine rings is 1. The van der Waals surface area contributed by atoms with Gasteiger partial charge >= 0.3 is 0 Å². The van der Waals surface area contributed by atoms with Crippen LogP contribution in [0.4, 0.5) is 0 Å². The Kier molecular flexibility index (Phi) is 2.66. The summed E-state index contributed by atoms with van der Waals surface area (Å²) in [6, 6.07) is 1.60. The van der Waals surface area contributed by atoms with Gasteiger partial charge < -0.3 is 10.6 Å². The van der Waals surface area contributed by atoms with Gasteiger partial charge in [0.1, 0.15) is 0 Å². The molecule has 1 aliphatic carbocycles. The first-order valence-corrected chi connectivity index (χ1v) is 5.33. The maximum Gasteiger partial charge on any atom is 0.0192 e. The molecular formula is C10H20N2. The summed E-state index contributed by atoms with van der Waals surface area (Å²) in [7, 11) is 0. The molecule has 2 aliphatic rings. The number of rotatable bonds is 3. The summed E-state index contributed by atoms with van der Waals surface area (Å²) in [5, 5.41) is 7.17. The fraction of sp³-hybridized carbons (Fsp3) is 1.00. The van der Waals surface area contributed by atoms with E-state index in [0.29, 0.717) is 0 Å². The third-order valence-electron chi connectivity index (χ3n) is 3.15. The molecule has 70 valence electrons. The third kappa shape index (κ3) is 2.20. The molecule has 3 atom stereocenters. The highest BCUT2D eigenvalue weighted by Crippen LogP contribution is 2.28. The van der Waals surface area contributed by atoms with E-state index in [1.165, 1.54) is 38.8 Å². The fourth-order valence-electron chi connectivity index (χ4n) is 2.00. The lowest BCUT2D eigenvalue weighted by atomic mass is 10.1. The predicted molar refractivity (Wildman–Crippen MR) is 51.2 cm³/mol. The topological polar surface area (TPSA) is 24.1 Å². The van der Waals surface area contributed by atoms with E-state index in [4.69, 9.17) is 0 Å². The molecule has 0 spiro atoms. The first kappa shape index (κ1) is 8.52. The average Bonchev–Trinajstić information content (AvgIpc) is 2.81. The second-order valence-electron chi connectivity index (χ2n) is 4.37. The van der Waals surface area contributed by atoms with Crippen LogP contribution in [-0.2, 0) is 0 Å². The molecule has 2 heteroatoms. The summed E-state index contributed by atoms with van der Waals surface area (Å²) in [6.45, 7) is 4.74. The molecule has 0 aromatic rings. The standard InChI is InChI=1S/C10H20N2/c1-8-6-10(8)12-7-9-4-2-3-5-11-9/h8-12H,2-7H2,1H3/t8?,9-,10?/m0/s1. The second-order valence-corrected chi connectivity index (χ2v) is 4.37. The highest BCUT2D eigenvalue weighted by molar-refractivity contribution is 4.91. The minimum absolute atomic E-state index is 0.756. The van der Waals surface area contributed by atoms with E-state index in [-0.39, 0.29) is 0 Å². The number of hydrogen-bond acceptors (Lipinski definition) is 2. The molecule has 2 nitrogen and oxygen atoms in total. The van der Waals surface area contributed by atoms with Crippen molar-refractivity contribution in [1.29, 1.82) is 0 Å². The summed E-state index contributed by atoms with van der Waals surface area (Å²) in [5.74, 6) is 0.939. The zero-order valence-electron chi connectivity index (χ0n) is 7.97. The Bertz CT molecular complexity index is 141. The lowest BCUT2D eigenvalue weighted by Gasteiger charge is -2.23. The molecule has 1 heterocycles. The number of nitrogens with one attached hydrogen (secondary N) is 2. The lowest BCUT2D eigenvalue weighted by molar-refractivity contribution is 0.381. The van der Waals surface area contributed by atoms with Crippen molar-refractivity contribution in [2.45, 2.75) is 44.7 Å². The van der Waals surface area contributed by atoms with Crippen LogP contribution in [0.3, 0.4) is 0 Å². The van der Waals surface area contributed by atoms with Crippen LogP contribution in [0.25, 0.3) is 0 Å². The Labute approximate surface area is 75.1 Å². The molecule has 2 N–H and O–H groups in total. The molecule has 0 aromatic carbocycles. The van der Waals surface area contributed by atoms with Crippen LogP contribution in [0.5, 0.6) is 0 Å². The Hall–Kier alpha value is -0.0800. The van der Waals surface area contributed by atoms with Crippen molar-refractivity contribution in [2.75, 3.05) is 13.1 Å². The van der Waals surface area contributed by atoms with E-state index >= 15 is 0 Å². The summed E-state index contributed by atoms with van der Waals surface area (Å²) in [4.78, 5) is 0. The van der Waals surface area contributed by atoms with Crippen molar-refractivity contribution in [3.63, 3.8) is 0 Å². The van der Waals surface area contributed by atoms with Crippen LogP contribution in [0.1, 0.15) is 32.6 Å². The summed E-state index contributed by atoms with van der Waals surface area (Å²) in [6.07, 6.45) is 5.55. The van der Waals surface area contributed by atoms with Gasteiger partial charge in [-0.3, -0.25) is 0 Å². The smallest absolute Gasteiger partial charge is 0.0192 e. The van der Waals surface area contributed by atoms with Crippen LogP contribution < -0.4 is 10.6 Å². The van der Waals surface area contributed by atoms with Crippen molar-refractivity contribution in [2.24, 2.45) is 5.92 Å². The molecule has 1 aliphatic heterocycles. The van der Waals surface area contributed by atoms with E-state index in [1.54, 1.807) is 0 Å². The first-order chi connectivity index (χ1) is 5.86. The molecular weight excluding hydrogens is 148 g/mol. The molecule has 12 heavy (non-hydrogen) atoms. The molecule has 1 saturated heterocycles. The Morgan fingerprint density at radius 1 is 1.42 bits per heavy atom. The normalized spacial score (nSPS) is 41.2. The van der Waals surface area contributed by atoms with Gasteiger partial charge in [0.2, 0.25) is 0 Å². The molecule has 0 bridgehead atoms. The molecule has 2 unspecified atom stereocenters. The lowest BCUT2D eigenvalue weighted by Crippen LogP contribution is -2.42. The Morgan fingerprint density at radius 3 is 2.83 bits per heavy atom. The van der Waals surface area contributed by atoms with Crippen molar-refractivity contribution in [3.8, 4) is 0 Å². The minimum Gasteiger partial charge on any atom is -0.313 e. The van der Waals surface area contributed by atoms with Crippen LogP contribution in [0, 0.1) is 5.92 Å². The zero-order chi connectivity index (χ0) is 8.39. The Morgan fingerprint density at radius 2 is 2.25 bits per heavy atom. The molecule has 0 amide bonds. The highest BCUT2D eigenvalue weighted by atomic mass is 15.0. The van der Waals surface area contributed by atoms with Gasteiger partial charge in [0.25, 0.3) is 0 Å². The minimum atomic E-state index is 0.756. The maximum atomic E-state index is 3.61. The van der Waals surface area contributed by atoms with Crippen molar-refractivity contribution in [3.05, 3.63) is 0 Å². The van der Waals surface area contributed by atoms with Gasteiger partial charge in [-0.05, 0) is 31.7 Å². The van der Waals surface area contributed by atoms with Gasteiger partial charge in [-0.15, -0.1) is 0 Å². The predicted octanol–water partition coefficient (Wildman–Crippen LogP) is 1.13. The van der Waals surface area contributed by atoms with E-state index in [9.17, 15) is 0 Å². The molecule has 0 aromatic heterocycles. The molecule has 1 saturated carbocycles. The van der Waals surface area contributed by atoms with E-state index in [2.05, 4.69) is 17.6 Å². The second kappa shape index (κ2) is 3.75. The van der Waals surface area contributed by atoms with E-state index in [0.717, 1.165) is 18.0 Å². The van der Waals surface area contributed by atoms with Gasteiger partial charge in [-0.1, -0.05) is 13.3 Å². The van der Waals surface area contributed by atoms with Gasteiger partial charge in [0, 0.05) is 18.6 Å². The van der Waals surface area contributed by atoms with E-state index in [1.807, 2.05) is 0 Å². The maximum absolute atomic E-state index is 3.61. The van der Waals surface area contributed by atoms with Gasteiger partial charge in [-0.2, -0.15) is 0 Å².